The molecule has 4 rings (SSSR count). The highest BCUT2D eigenvalue weighted by Crippen LogP contribution is 2.40. The number of benzene rings is 3. The van der Waals surface area contributed by atoms with E-state index in [1.807, 2.05) is 91.0 Å². The molecule has 0 saturated carbocycles. The number of esters is 1. The highest BCUT2D eigenvalue weighted by molar-refractivity contribution is 8.00. The van der Waals surface area contributed by atoms with Gasteiger partial charge in [0.2, 0.25) is 0 Å². The minimum Gasteiger partial charge on any atom is -0.449 e. The topological polar surface area (TPSA) is 54.0 Å². The van der Waals surface area contributed by atoms with Gasteiger partial charge < -0.3 is 18.9 Å². The van der Waals surface area contributed by atoms with Crippen LogP contribution in [0.2, 0.25) is 0 Å². The SMILES string of the molecule is CC(=O)O[C@@H]1S[C@H](COCc2ccccc2)[C@@H](OCc2ccccc2)[C@H]1OCc1ccccc1. The summed E-state index contributed by atoms with van der Waals surface area (Å²) in [6, 6.07) is 30.1. The van der Waals surface area contributed by atoms with E-state index in [1.54, 1.807) is 11.8 Å². The fourth-order valence-electron chi connectivity index (χ4n) is 3.86. The lowest BCUT2D eigenvalue weighted by molar-refractivity contribution is -0.155. The van der Waals surface area contributed by atoms with E-state index in [2.05, 4.69) is 0 Å². The van der Waals surface area contributed by atoms with Crippen molar-refractivity contribution in [1.82, 2.24) is 0 Å². The predicted octanol–water partition coefficient (Wildman–Crippen LogP) is 5.38. The standard InChI is InChI=1S/C28H30O5S/c1-21(29)33-28-27(32-19-24-15-9-4-10-16-24)26(31-18-23-13-7-3-8-14-23)25(34-28)20-30-17-22-11-5-2-6-12-22/h2-16,25-28H,17-20H2,1H3/t25-,26-,27-,28-/m1/s1. The summed E-state index contributed by atoms with van der Waals surface area (Å²) < 4.78 is 24.4. The van der Waals surface area contributed by atoms with Crippen LogP contribution in [-0.4, -0.2) is 35.5 Å². The lowest BCUT2D eigenvalue weighted by Crippen LogP contribution is -2.40. The van der Waals surface area contributed by atoms with Gasteiger partial charge in [0, 0.05) is 6.92 Å². The van der Waals surface area contributed by atoms with Crippen molar-refractivity contribution in [2.24, 2.45) is 0 Å². The van der Waals surface area contributed by atoms with Gasteiger partial charge in [-0.2, -0.15) is 0 Å². The Hall–Kier alpha value is -2.64. The molecule has 1 saturated heterocycles. The van der Waals surface area contributed by atoms with Gasteiger partial charge in [-0.1, -0.05) is 91.0 Å². The van der Waals surface area contributed by atoms with E-state index in [1.165, 1.54) is 6.92 Å². The zero-order valence-corrected chi connectivity index (χ0v) is 20.1. The first-order valence-corrected chi connectivity index (χ1v) is 12.4. The highest BCUT2D eigenvalue weighted by atomic mass is 32.2. The molecule has 1 heterocycles. The Kier molecular flexibility index (Phi) is 9.16. The van der Waals surface area contributed by atoms with Crippen LogP contribution in [0.3, 0.4) is 0 Å². The Balaban J connectivity index is 1.47. The summed E-state index contributed by atoms with van der Waals surface area (Å²) in [5.74, 6) is -0.335. The van der Waals surface area contributed by atoms with Crippen LogP contribution in [0, 0.1) is 0 Å². The van der Waals surface area contributed by atoms with E-state index in [4.69, 9.17) is 18.9 Å². The van der Waals surface area contributed by atoms with E-state index in [-0.39, 0.29) is 17.3 Å². The van der Waals surface area contributed by atoms with Crippen LogP contribution in [0.25, 0.3) is 0 Å². The van der Waals surface area contributed by atoms with Crippen molar-refractivity contribution in [3.63, 3.8) is 0 Å². The summed E-state index contributed by atoms with van der Waals surface area (Å²) in [4.78, 5) is 11.8. The average molecular weight is 479 g/mol. The van der Waals surface area contributed by atoms with E-state index >= 15 is 0 Å². The van der Waals surface area contributed by atoms with Crippen molar-refractivity contribution in [1.29, 1.82) is 0 Å². The molecule has 3 aromatic carbocycles. The fraction of sp³-hybridized carbons (Fsp3) is 0.321. The summed E-state index contributed by atoms with van der Waals surface area (Å²) in [7, 11) is 0. The lowest BCUT2D eigenvalue weighted by atomic mass is 10.1. The van der Waals surface area contributed by atoms with Gasteiger partial charge in [0.1, 0.15) is 12.2 Å². The number of ether oxygens (including phenoxy) is 4. The summed E-state index contributed by atoms with van der Waals surface area (Å²) in [6.45, 7) is 3.25. The molecular formula is C28H30O5S. The average Bonchev–Trinajstić information content (AvgIpc) is 3.18. The van der Waals surface area contributed by atoms with Crippen molar-refractivity contribution in [2.45, 2.75) is 49.6 Å². The predicted molar refractivity (Wildman–Crippen MR) is 133 cm³/mol. The summed E-state index contributed by atoms with van der Waals surface area (Å²) >= 11 is 1.54. The molecule has 4 atom stereocenters. The third-order valence-electron chi connectivity index (χ3n) is 5.51. The number of thioether (sulfide) groups is 1. The fourth-order valence-corrected chi connectivity index (χ4v) is 5.35. The molecule has 1 fully saturated rings. The number of carbonyl (C=O) groups excluding carboxylic acids is 1. The lowest BCUT2D eigenvalue weighted by Gasteiger charge is -2.26. The van der Waals surface area contributed by atoms with E-state index < -0.39 is 11.5 Å². The van der Waals surface area contributed by atoms with Crippen molar-refractivity contribution < 1.29 is 23.7 Å². The van der Waals surface area contributed by atoms with E-state index in [0.717, 1.165) is 16.7 Å². The molecule has 0 bridgehead atoms. The summed E-state index contributed by atoms with van der Waals surface area (Å²) in [6.07, 6.45) is -0.711. The van der Waals surface area contributed by atoms with Crippen LogP contribution < -0.4 is 0 Å². The molecule has 0 N–H and O–H groups in total. The molecule has 0 unspecified atom stereocenters. The maximum Gasteiger partial charge on any atom is 0.303 e. The van der Waals surface area contributed by atoms with Crippen molar-refractivity contribution in [3.05, 3.63) is 108 Å². The van der Waals surface area contributed by atoms with Gasteiger partial charge in [0.05, 0.1) is 31.7 Å². The smallest absolute Gasteiger partial charge is 0.303 e. The normalized spacial score (nSPS) is 21.9. The summed E-state index contributed by atoms with van der Waals surface area (Å²) in [5.41, 5.74) is 2.78. The van der Waals surface area contributed by atoms with Gasteiger partial charge >= 0.3 is 5.97 Å². The molecule has 34 heavy (non-hydrogen) atoms. The van der Waals surface area contributed by atoms with Crippen LogP contribution in [0.5, 0.6) is 0 Å². The van der Waals surface area contributed by atoms with Crippen LogP contribution in [-0.2, 0) is 43.6 Å². The maximum absolute atomic E-state index is 11.8. The molecule has 1 aliphatic heterocycles. The van der Waals surface area contributed by atoms with Gasteiger partial charge in [-0.15, -0.1) is 11.8 Å². The number of hydrogen-bond acceptors (Lipinski definition) is 6. The van der Waals surface area contributed by atoms with Gasteiger partial charge in [-0.3, -0.25) is 4.79 Å². The Morgan fingerprint density at radius 2 is 1.18 bits per heavy atom. The third-order valence-corrected chi connectivity index (χ3v) is 6.90. The largest absolute Gasteiger partial charge is 0.449 e. The minimum absolute atomic E-state index is 0.0439. The Labute approximate surface area is 205 Å². The molecule has 0 spiro atoms. The molecule has 178 valence electrons. The van der Waals surface area contributed by atoms with Crippen LogP contribution in [0.4, 0.5) is 0 Å². The van der Waals surface area contributed by atoms with Gasteiger partial charge in [-0.05, 0) is 16.7 Å². The maximum atomic E-state index is 11.8. The molecule has 1 aliphatic rings. The molecule has 0 radical (unpaired) electrons. The molecule has 5 nitrogen and oxygen atoms in total. The minimum atomic E-state index is -0.465. The Morgan fingerprint density at radius 1 is 0.706 bits per heavy atom. The third kappa shape index (κ3) is 7.18. The highest BCUT2D eigenvalue weighted by Gasteiger charge is 2.48. The van der Waals surface area contributed by atoms with Crippen molar-refractivity contribution >= 4 is 17.7 Å². The number of rotatable bonds is 11. The first-order valence-electron chi connectivity index (χ1n) is 11.4. The van der Waals surface area contributed by atoms with Gasteiger partial charge in [0.25, 0.3) is 0 Å². The monoisotopic (exact) mass is 478 g/mol. The van der Waals surface area contributed by atoms with E-state index in [0.29, 0.717) is 26.4 Å². The number of carbonyl (C=O) groups is 1. The molecule has 0 aliphatic carbocycles. The first kappa shape index (κ1) is 24.5. The van der Waals surface area contributed by atoms with Gasteiger partial charge in [0.15, 0.2) is 5.44 Å². The molecule has 0 aromatic heterocycles. The Bertz CT molecular complexity index is 999. The zero-order valence-electron chi connectivity index (χ0n) is 19.2. The van der Waals surface area contributed by atoms with Crippen molar-refractivity contribution in [3.8, 4) is 0 Å². The van der Waals surface area contributed by atoms with Gasteiger partial charge in [-0.25, -0.2) is 0 Å². The van der Waals surface area contributed by atoms with Crippen LogP contribution in [0.15, 0.2) is 91.0 Å². The second-order valence-corrected chi connectivity index (χ2v) is 9.52. The quantitative estimate of drug-likeness (QED) is 0.345. The molecule has 0 amide bonds. The van der Waals surface area contributed by atoms with Crippen LogP contribution >= 0.6 is 11.8 Å². The first-order chi connectivity index (χ1) is 16.7. The summed E-state index contributed by atoms with van der Waals surface area (Å²) in [5, 5.41) is -0.0439. The number of hydrogen-bond donors (Lipinski definition) is 0. The zero-order chi connectivity index (χ0) is 23.6. The Morgan fingerprint density at radius 3 is 1.68 bits per heavy atom. The molecule has 6 heteroatoms. The second kappa shape index (κ2) is 12.7. The second-order valence-electron chi connectivity index (χ2n) is 8.18. The van der Waals surface area contributed by atoms with E-state index in [9.17, 15) is 4.79 Å². The molecular weight excluding hydrogens is 448 g/mol. The van der Waals surface area contributed by atoms with Crippen molar-refractivity contribution in [2.75, 3.05) is 6.61 Å². The van der Waals surface area contributed by atoms with Crippen LogP contribution in [0.1, 0.15) is 23.6 Å². The molecule has 3 aromatic rings.